The molecular weight excluding hydrogens is 204 g/mol. The van der Waals surface area contributed by atoms with Gasteiger partial charge in [0.25, 0.3) is 0 Å². The zero-order valence-electron chi connectivity index (χ0n) is 8.60. The summed E-state index contributed by atoms with van der Waals surface area (Å²) in [6.45, 7) is 0. The topological polar surface area (TPSA) is 83.8 Å². The number of nitrogens with zero attached hydrogens (tertiary/aromatic N) is 1. The number of aromatic amines is 1. The van der Waals surface area contributed by atoms with Crippen LogP contribution in [-0.2, 0) is 11.2 Å². The highest BCUT2D eigenvalue weighted by atomic mass is 16.1. The number of nitrogens with two attached hydrogens (primary N) is 1. The smallest absolute Gasteiger partial charge is 0.231 e. The van der Waals surface area contributed by atoms with Gasteiger partial charge in [-0.15, -0.1) is 0 Å². The van der Waals surface area contributed by atoms with Gasteiger partial charge < -0.3 is 10.7 Å². The Balaban J connectivity index is 1.97. The van der Waals surface area contributed by atoms with Gasteiger partial charge in [-0.3, -0.25) is 10.1 Å². The molecule has 82 valence electrons. The number of rotatable bonds is 3. The predicted octanol–water partition coefficient (Wildman–Crippen LogP) is 1.17. The van der Waals surface area contributed by atoms with Crippen molar-refractivity contribution in [2.24, 2.45) is 0 Å². The lowest BCUT2D eigenvalue weighted by atomic mass is 10.1. The molecule has 0 aliphatic carbocycles. The summed E-state index contributed by atoms with van der Waals surface area (Å²) in [5, 5.41) is 2.64. The average molecular weight is 216 g/mol. The molecule has 2 rings (SSSR count). The second-order valence-electron chi connectivity index (χ2n) is 3.41. The van der Waals surface area contributed by atoms with Crippen LogP contribution in [0, 0.1) is 0 Å². The van der Waals surface area contributed by atoms with Crippen LogP contribution in [-0.4, -0.2) is 15.9 Å². The number of hydrogen-bond donors (Lipinski definition) is 3. The summed E-state index contributed by atoms with van der Waals surface area (Å²) < 4.78 is 0. The SMILES string of the molecule is Nc1cccc(CC(=O)Nc2ncc[nH]2)c1. The van der Waals surface area contributed by atoms with E-state index in [-0.39, 0.29) is 12.3 Å². The number of anilines is 2. The lowest BCUT2D eigenvalue weighted by molar-refractivity contribution is -0.115. The van der Waals surface area contributed by atoms with Gasteiger partial charge in [-0.2, -0.15) is 0 Å². The van der Waals surface area contributed by atoms with Crippen molar-refractivity contribution in [3.8, 4) is 0 Å². The monoisotopic (exact) mass is 216 g/mol. The second-order valence-corrected chi connectivity index (χ2v) is 3.41. The van der Waals surface area contributed by atoms with Crippen LogP contribution in [0.2, 0.25) is 0 Å². The third-order valence-electron chi connectivity index (χ3n) is 2.07. The van der Waals surface area contributed by atoms with Gasteiger partial charge in [0, 0.05) is 18.1 Å². The van der Waals surface area contributed by atoms with Gasteiger partial charge >= 0.3 is 0 Å². The zero-order valence-corrected chi connectivity index (χ0v) is 8.60. The first-order chi connectivity index (χ1) is 7.74. The largest absolute Gasteiger partial charge is 0.399 e. The molecule has 0 unspecified atom stereocenters. The molecule has 0 bridgehead atoms. The molecule has 5 heteroatoms. The molecular formula is C11H12N4O. The number of benzene rings is 1. The van der Waals surface area contributed by atoms with Crippen molar-refractivity contribution in [1.29, 1.82) is 0 Å². The lowest BCUT2D eigenvalue weighted by Crippen LogP contribution is -2.15. The molecule has 1 aromatic heterocycles. The van der Waals surface area contributed by atoms with Crippen molar-refractivity contribution in [2.45, 2.75) is 6.42 Å². The van der Waals surface area contributed by atoms with Gasteiger partial charge in [-0.25, -0.2) is 4.98 Å². The average Bonchev–Trinajstić information content (AvgIpc) is 2.70. The standard InChI is InChI=1S/C11H12N4O/c12-9-3-1-2-8(6-9)7-10(16)15-11-13-4-5-14-11/h1-6H,7,12H2,(H2,13,14,15,16). The van der Waals surface area contributed by atoms with Crippen LogP contribution >= 0.6 is 0 Å². The minimum Gasteiger partial charge on any atom is -0.399 e. The summed E-state index contributed by atoms with van der Waals surface area (Å²) in [5.41, 5.74) is 7.15. The van der Waals surface area contributed by atoms with Crippen LogP contribution in [0.25, 0.3) is 0 Å². The zero-order chi connectivity index (χ0) is 11.4. The molecule has 0 spiro atoms. The number of carbonyl (C=O) groups excluding carboxylic acids is 1. The minimum absolute atomic E-state index is 0.124. The van der Waals surface area contributed by atoms with Gasteiger partial charge in [0.2, 0.25) is 11.9 Å². The maximum Gasteiger partial charge on any atom is 0.231 e. The Kier molecular flexibility index (Phi) is 2.86. The van der Waals surface area contributed by atoms with Crippen LogP contribution in [0.1, 0.15) is 5.56 Å². The maximum absolute atomic E-state index is 11.6. The normalized spacial score (nSPS) is 10.0. The summed E-state index contributed by atoms with van der Waals surface area (Å²) in [6, 6.07) is 7.25. The number of amides is 1. The fraction of sp³-hybridized carbons (Fsp3) is 0.0909. The van der Waals surface area contributed by atoms with Crippen molar-refractivity contribution in [3.05, 3.63) is 42.2 Å². The first-order valence-electron chi connectivity index (χ1n) is 4.88. The number of carbonyl (C=O) groups is 1. The molecule has 0 fully saturated rings. The van der Waals surface area contributed by atoms with Crippen LogP contribution < -0.4 is 11.1 Å². The quantitative estimate of drug-likeness (QED) is 0.673. The van der Waals surface area contributed by atoms with E-state index in [1.165, 1.54) is 0 Å². The number of nitrogens with one attached hydrogen (secondary N) is 2. The Labute approximate surface area is 92.7 Å². The van der Waals surface area contributed by atoms with E-state index < -0.39 is 0 Å². The Morgan fingerprint density at radius 1 is 1.50 bits per heavy atom. The summed E-state index contributed by atoms with van der Waals surface area (Å²) >= 11 is 0. The molecule has 1 amide bonds. The second kappa shape index (κ2) is 4.48. The van der Waals surface area contributed by atoms with Crippen molar-refractivity contribution in [1.82, 2.24) is 9.97 Å². The Hall–Kier alpha value is -2.30. The molecule has 0 aliphatic rings. The molecule has 4 N–H and O–H groups in total. The first kappa shape index (κ1) is 10.2. The fourth-order valence-corrected chi connectivity index (χ4v) is 1.40. The maximum atomic E-state index is 11.6. The Morgan fingerprint density at radius 3 is 3.06 bits per heavy atom. The van der Waals surface area contributed by atoms with Crippen molar-refractivity contribution >= 4 is 17.5 Å². The highest BCUT2D eigenvalue weighted by molar-refractivity contribution is 5.90. The van der Waals surface area contributed by atoms with Crippen molar-refractivity contribution in [2.75, 3.05) is 11.1 Å². The summed E-state index contributed by atoms with van der Waals surface area (Å²) in [7, 11) is 0. The fourth-order valence-electron chi connectivity index (χ4n) is 1.40. The number of hydrogen-bond acceptors (Lipinski definition) is 3. The van der Waals surface area contributed by atoms with E-state index in [4.69, 9.17) is 5.73 Å². The van der Waals surface area contributed by atoms with E-state index in [9.17, 15) is 4.79 Å². The summed E-state index contributed by atoms with van der Waals surface area (Å²) in [4.78, 5) is 18.3. The Morgan fingerprint density at radius 2 is 2.38 bits per heavy atom. The highest BCUT2D eigenvalue weighted by Crippen LogP contribution is 2.08. The summed E-state index contributed by atoms with van der Waals surface area (Å²) in [5.74, 6) is 0.328. The molecule has 0 aliphatic heterocycles. The third kappa shape index (κ3) is 2.60. The molecule has 1 heterocycles. The molecule has 0 saturated carbocycles. The molecule has 0 radical (unpaired) electrons. The number of aromatic nitrogens is 2. The highest BCUT2D eigenvalue weighted by Gasteiger charge is 2.05. The number of imidazole rings is 1. The van der Waals surface area contributed by atoms with E-state index in [0.717, 1.165) is 5.56 Å². The molecule has 2 aromatic rings. The van der Waals surface area contributed by atoms with E-state index in [1.54, 1.807) is 24.5 Å². The van der Waals surface area contributed by atoms with E-state index in [2.05, 4.69) is 15.3 Å². The van der Waals surface area contributed by atoms with Crippen LogP contribution in [0.5, 0.6) is 0 Å². The lowest BCUT2D eigenvalue weighted by Gasteiger charge is -2.02. The van der Waals surface area contributed by atoms with Crippen LogP contribution in [0.4, 0.5) is 11.6 Å². The molecule has 5 nitrogen and oxygen atoms in total. The molecule has 0 atom stereocenters. The van der Waals surface area contributed by atoms with Gasteiger partial charge in [0.1, 0.15) is 0 Å². The third-order valence-corrected chi connectivity index (χ3v) is 2.07. The van der Waals surface area contributed by atoms with Crippen LogP contribution in [0.3, 0.4) is 0 Å². The molecule has 16 heavy (non-hydrogen) atoms. The number of nitrogen functional groups attached to an aromatic ring is 1. The van der Waals surface area contributed by atoms with Gasteiger partial charge in [-0.05, 0) is 17.7 Å². The van der Waals surface area contributed by atoms with Gasteiger partial charge in [0.05, 0.1) is 6.42 Å². The van der Waals surface area contributed by atoms with Gasteiger partial charge in [-0.1, -0.05) is 12.1 Å². The molecule has 0 saturated heterocycles. The van der Waals surface area contributed by atoms with E-state index in [1.807, 2.05) is 12.1 Å². The van der Waals surface area contributed by atoms with Crippen molar-refractivity contribution in [3.63, 3.8) is 0 Å². The van der Waals surface area contributed by atoms with E-state index in [0.29, 0.717) is 11.6 Å². The van der Waals surface area contributed by atoms with Gasteiger partial charge in [0.15, 0.2) is 0 Å². The summed E-state index contributed by atoms with van der Waals surface area (Å²) in [6.07, 6.45) is 3.51. The minimum atomic E-state index is -0.124. The van der Waals surface area contributed by atoms with Crippen LogP contribution in [0.15, 0.2) is 36.7 Å². The molecule has 1 aromatic carbocycles. The first-order valence-corrected chi connectivity index (χ1v) is 4.88. The van der Waals surface area contributed by atoms with Crippen molar-refractivity contribution < 1.29 is 4.79 Å². The Bertz CT molecular complexity index is 478. The predicted molar refractivity (Wildman–Crippen MR) is 61.8 cm³/mol. The number of H-pyrrole nitrogens is 1. The van der Waals surface area contributed by atoms with E-state index >= 15 is 0 Å².